The molecular formula is C20H27Cl2NOTi. The van der Waals surface area contributed by atoms with Gasteiger partial charge < -0.3 is 5.11 Å². The molecule has 1 N–H and O–H groups in total. The van der Waals surface area contributed by atoms with E-state index in [0.717, 1.165) is 16.8 Å². The Morgan fingerprint density at radius 3 is 2.12 bits per heavy atom. The molecule has 0 fully saturated rings. The molecule has 0 heterocycles. The number of hydrogen-bond acceptors (Lipinski definition) is 2. The van der Waals surface area contributed by atoms with Gasteiger partial charge in [-0.1, -0.05) is 65.0 Å². The molecule has 0 spiro atoms. The third-order valence-corrected chi connectivity index (χ3v) is 3.78. The summed E-state index contributed by atoms with van der Waals surface area (Å²) in [5, 5.41) is 10.5. The van der Waals surface area contributed by atoms with Crippen LogP contribution in [0.3, 0.4) is 0 Å². The molecule has 2 aromatic rings. The second-order valence-corrected chi connectivity index (χ2v) is 6.97. The van der Waals surface area contributed by atoms with E-state index in [0.29, 0.717) is 11.7 Å². The first kappa shape index (κ1) is 26.4. The van der Waals surface area contributed by atoms with Crippen molar-refractivity contribution in [3.63, 3.8) is 0 Å². The molecule has 0 unspecified atom stereocenters. The predicted octanol–water partition coefficient (Wildman–Crippen LogP) is 6.40. The minimum atomic E-state index is -0.0935. The van der Waals surface area contributed by atoms with Crippen molar-refractivity contribution in [1.29, 1.82) is 0 Å². The van der Waals surface area contributed by atoms with E-state index in [1.54, 1.807) is 6.21 Å². The Balaban J connectivity index is 0. The summed E-state index contributed by atoms with van der Waals surface area (Å²) in [6, 6.07) is 14.0. The first-order valence-corrected chi connectivity index (χ1v) is 7.76. The van der Waals surface area contributed by atoms with Gasteiger partial charge in [0, 0.05) is 33.5 Å². The number of benzene rings is 2. The SMILES string of the molecule is CC(C)c1ccccc1N=Cc1cccc(C(C)(C)C)c1O.Cl.Cl.[Ti]. The molecule has 5 heteroatoms. The summed E-state index contributed by atoms with van der Waals surface area (Å²) in [5.41, 5.74) is 3.77. The van der Waals surface area contributed by atoms with E-state index in [-0.39, 0.29) is 51.9 Å². The number of nitrogens with zero attached hydrogens (tertiary/aromatic N) is 1. The van der Waals surface area contributed by atoms with Crippen LogP contribution in [0.2, 0.25) is 0 Å². The van der Waals surface area contributed by atoms with Crippen LogP contribution in [0.1, 0.15) is 57.2 Å². The summed E-state index contributed by atoms with van der Waals surface area (Å²) in [6.45, 7) is 10.6. The average molecular weight is 416 g/mol. The fraction of sp³-hybridized carbons (Fsp3) is 0.350. The van der Waals surface area contributed by atoms with Crippen molar-refractivity contribution in [2.24, 2.45) is 4.99 Å². The molecule has 0 radical (unpaired) electrons. The van der Waals surface area contributed by atoms with Gasteiger partial charge in [0.1, 0.15) is 5.75 Å². The van der Waals surface area contributed by atoms with Crippen LogP contribution in [0.25, 0.3) is 0 Å². The third-order valence-electron chi connectivity index (χ3n) is 3.78. The molecule has 0 bridgehead atoms. The average Bonchev–Trinajstić information content (AvgIpc) is 2.45. The molecule has 0 saturated carbocycles. The number of aromatic hydroxyl groups is 1. The Bertz CT molecular complexity index is 694. The fourth-order valence-corrected chi connectivity index (χ4v) is 2.50. The van der Waals surface area contributed by atoms with Crippen molar-refractivity contribution < 1.29 is 26.8 Å². The van der Waals surface area contributed by atoms with Crippen LogP contribution in [0.4, 0.5) is 5.69 Å². The Morgan fingerprint density at radius 1 is 0.960 bits per heavy atom. The summed E-state index contributed by atoms with van der Waals surface area (Å²) in [4.78, 5) is 4.60. The van der Waals surface area contributed by atoms with Gasteiger partial charge >= 0.3 is 0 Å². The summed E-state index contributed by atoms with van der Waals surface area (Å²) in [6.07, 6.45) is 1.76. The molecule has 2 rings (SSSR count). The first-order chi connectivity index (χ1) is 10.3. The normalized spacial score (nSPS) is 10.8. The van der Waals surface area contributed by atoms with Gasteiger partial charge in [-0.3, -0.25) is 4.99 Å². The zero-order chi connectivity index (χ0) is 16.3. The van der Waals surface area contributed by atoms with Crippen LogP contribution >= 0.6 is 24.8 Å². The second-order valence-electron chi connectivity index (χ2n) is 6.97. The van der Waals surface area contributed by atoms with Crippen molar-refractivity contribution in [1.82, 2.24) is 0 Å². The third kappa shape index (κ3) is 6.79. The summed E-state index contributed by atoms with van der Waals surface area (Å²) in [7, 11) is 0. The van der Waals surface area contributed by atoms with Crippen molar-refractivity contribution in [3.05, 3.63) is 59.2 Å². The van der Waals surface area contributed by atoms with Gasteiger partial charge in [0.05, 0.1) is 5.69 Å². The molecule has 0 atom stereocenters. The number of para-hydroxylation sites is 2. The minimum absolute atomic E-state index is 0. The summed E-state index contributed by atoms with van der Waals surface area (Å²) < 4.78 is 0. The summed E-state index contributed by atoms with van der Waals surface area (Å²) >= 11 is 0. The maximum Gasteiger partial charge on any atom is 0.128 e. The molecule has 0 aliphatic rings. The first-order valence-electron chi connectivity index (χ1n) is 7.76. The number of phenolic OH excluding ortho intramolecular Hbond substituents is 1. The van der Waals surface area contributed by atoms with Gasteiger partial charge in [-0.05, 0) is 34.6 Å². The van der Waals surface area contributed by atoms with Crippen LogP contribution < -0.4 is 0 Å². The van der Waals surface area contributed by atoms with Crippen molar-refractivity contribution in [2.45, 2.75) is 46.0 Å². The fourth-order valence-electron chi connectivity index (χ4n) is 2.50. The number of rotatable bonds is 3. The van der Waals surface area contributed by atoms with Crippen LogP contribution in [-0.2, 0) is 27.1 Å². The zero-order valence-corrected chi connectivity index (χ0v) is 18.6. The van der Waals surface area contributed by atoms with Crippen molar-refractivity contribution in [2.75, 3.05) is 0 Å². The van der Waals surface area contributed by atoms with Crippen LogP contribution in [-0.4, -0.2) is 11.3 Å². The maximum atomic E-state index is 10.5. The van der Waals surface area contributed by atoms with Crippen molar-refractivity contribution >= 4 is 36.7 Å². The molecule has 0 saturated heterocycles. The van der Waals surface area contributed by atoms with Crippen LogP contribution in [0.5, 0.6) is 5.75 Å². The Hall–Kier alpha value is -0.796. The van der Waals surface area contributed by atoms with Gasteiger partial charge in [0.15, 0.2) is 0 Å². The monoisotopic (exact) mass is 415 g/mol. The van der Waals surface area contributed by atoms with E-state index in [9.17, 15) is 5.11 Å². The quantitative estimate of drug-likeness (QED) is 0.456. The van der Waals surface area contributed by atoms with E-state index in [1.807, 2.05) is 36.4 Å². The standard InChI is InChI=1S/C20H25NO.2ClH.Ti/c1-14(2)16-10-6-7-12-18(16)21-13-15-9-8-11-17(19(15)22)20(3,4)5;;;/h6-14,22H,1-5H3;2*1H;. The van der Waals surface area contributed by atoms with Gasteiger partial charge in [-0.25, -0.2) is 0 Å². The van der Waals surface area contributed by atoms with Gasteiger partial charge in [0.25, 0.3) is 0 Å². The van der Waals surface area contributed by atoms with E-state index >= 15 is 0 Å². The van der Waals surface area contributed by atoms with E-state index in [2.05, 4.69) is 45.7 Å². The second kappa shape index (κ2) is 11.0. The molecule has 0 aliphatic heterocycles. The predicted molar refractivity (Wildman–Crippen MR) is 109 cm³/mol. The largest absolute Gasteiger partial charge is 0.507 e. The zero-order valence-electron chi connectivity index (χ0n) is 15.4. The maximum absolute atomic E-state index is 10.5. The Morgan fingerprint density at radius 2 is 1.56 bits per heavy atom. The van der Waals surface area contributed by atoms with Gasteiger partial charge in [-0.2, -0.15) is 0 Å². The topological polar surface area (TPSA) is 32.6 Å². The van der Waals surface area contributed by atoms with Gasteiger partial charge in [0.2, 0.25) is 0 Å². The number of hydrogen-bond donors (Lipinski definition) is 1. The minimum Gasteiger partial charge on any atom is -0.507 e. The molecule has 0 aliphatic carbocycles. The van der Waals surface area contributed by atoms with E-state index in [4.69, 9.17) is 0 Å². The molecule has 0 aromatic heterocycles. The van der Waals surface area contributed by atoms with Crippen LogP contribution in [0.15, 0.2) is 47.5 Å². The molecule has 2 nitrogen and oxygen atoms in total. The van der Waals surface area contributed by atoms with Crippen molar-refractivity contribution in [3.8, 4) is 5.75 Å². The Kier molecular flexibility index (Phi) is 11.7. The molecule has 0 amide bonds. The van der Waals surface area contributed by atoms with Gasteiger partial charge in [-0.15, -0.1) is 24.8 Å². The number of aliphatic imine (C=N–C) groups is 1. The summed E-state index contributed by atoms with van der Waals surface area (Å²) in [5.74, 6) is 0.739. The molecular weight excluding hydrogens is 389 g/mol. The molecule has 136 valence electrons. The van der Waals surface area contributed by atoms with E-state index < -0.39 is 0 Å². The number of halogens is 2. The smallest absolute Gasteiger partial charge is 0.128 e. The Labute approximate surface area is 178 Å². The van der Waals surface area contributed by atoms with Crippen LogP contribution in [0, 0.1) is 0 Å². The molecule has 2 aromatic carbocycles. The molecule has 25 heavy (non-hydrogen) atoms. The van der Waals surface area contributed by atoms with E-state index in [1.165, 1.54) is 5.56 Å². The number of phenols is 1.